The average Bonchev–Trinajstić information content (AvgIpc) is 2.82. The summed E-state index contributed by atoms with van der Waals surface area (Å²) < 4.78 is 0. The van der Waals surface area contributed by atoms with Gasteiger partial charge in [0.2, 0.25) is 0 Å². The SMILES string of the molecule is CC(Nc1cccc(Cl)c1)c1cc2c(s1)CCCC2. The molecule has 0 aliphatic heterocycles. The quantitative estimate of drug-likeness (QED) is 0.792. The average molecular weight is 292 g/mol. The maximum atomic E-state index is 6.02. The minimum absolute atomic E-state index is 0.342. The Morgan fingerprint density at radius 1 is 1.21 bits per heavy atom. The number of thiophene rings is 1. The van der Waals surface area contributed by atoms with E-state index >= 15 is 0 Å². The molecular formula is C16H18ClNS. The first-order valence-corrected chi connectivity index (χ1v) is 8.05. The molecule has 0 amide bonds. The lowest BCUT2D eigenvalue weighted by Gasteiger charge is -2.13. The van der Waals surface area contributed by atoms with Crippen molar-refractivity contribution in [3.05, 3.63) is 50.7 Å². The van der Waals surface area contributed by atoms with Gasteiger partial charge in [-0.1, -0.05) is 17.7 Å². The van der Waals surface area contributed by atoms with Crippen LogP contribution in [0.4, 0.5) is 5.69 Å². The number of rotatable bonds is 3. The van der Waals surface area contributed by atoms with Gasteiger partial charge in [0.1, 0.15) is 0 Å². The van der Waals surface area contributed by atoms with Crippen LogP contribution >= 0.6 is 22.9 Å². The molecule has 1 aliphatic rings. The van der Waals surface area contributed by atoms with Crippen molar-refractivity contribution < 1.29 is 0 Å². The molecule has 0 saturated heterocycles. The monoisotopic (exact) mass is 291 g/mol. The minimum atomic E-state index is 0.342. The van der Waals surface area contributed by atoms with Gasteiger partial charge in [0.25, 0.3) is 0 Å². The number of aryl methyl sites for hydroxylation is 2. The van der Waals surface area contributed by atoms with E-state index in [-0.39, 0.29) is 0 Å². The molecule has 1 aromatic heterocycles. The number of fused-ring (bicyclic) bond motifs is 1. The molecule has 1 N–H and O–H groups in total. The zero-order valence-corrected chi connectivity index (χ0v) is 12.7. The fourth-order valence-corrected chi connectivity index (χ4v) is 4.08. The van der Waals surface area contributed by atoms with E-state index in [0.29, 0.717) is 6.04 Å². The zero-order chi connectivity index (χ0) is 13.2. The van der Waals surface area contributed by atoms with E-state index in [2.05, 4.69) is 24.4 Å². The summed E-state index contributed by atoms with van der Waals surface area (Å²) in [5, 5.41) is 4.31. The van der Waals surface area contributed by atoms with Gasteiger partial charge in [-0.2, -0.15) is 0 Å². The molecule has 1 nitrogen and oxygen atoms in total. The van der Waals surface area contributed by atoms with Crippen molar-refractivity contribution in [1.29, 1.82) is 0 Å². The lowest BCUT2D eigenvalue weighted by molar-refractivity contribution is 0.696. The maximum absolute atomic E-state index is 6.02. The highest BCUT2D eigenvalue weighted by Gasteiger charge is 2.16. The lowest BCUT2D eigenvalue weighted by Crippen LogP contribution is -2.04. The molecule has 0 spiro atoms. The number of hydrogen-bond acceptors (Lipinski definition) is 2. The summed E-state index contributed by atoms with van der Waals surface area (Å²) in [5.74, 6) is 0. The molecule has 0 bridgehead atoms. The fraction of sp³-hybridized carbons (Fsp3) is 0.375. The summed E-state index contributed by atoms with van der Waals surface area (Å²) >= 11 is 7.99. The minimum Gasteiger partial charge on any atom is -0.378 e. The van der Waals surface area contributed by atoms with Gasteiger partial charge in [0, 0.05) is 20.5 Å². The van der Waals surface area contributed by atoms with Crippen LogP contribution in [0.25, 0.3) is 0 Å². The van der Waals surface area contributed by atoms with E-state index < -0.39 is 0 Å². The summed E-state index contributed by atoms with van der Waals surface area (Å²) in [6.07, 6.45) is 5.22. The molecule has 3 rings (SSSR count). The first-order chi connectivity index (χ1) is 9.22. The zero-order valence-electron chi connectivity index (χ0n) is 11.1. The van der Waals surface area contributed by atoms with Gasteiger partial charge in [-0.15, -0.1) is 11.3 Å². The van der Waals surface area contributed by atoms with Crippen LogP contribution in [-0.2, 0) is 12.8 Å². The van der Waals surface area contributed by atoms with E-state index in [1.807, 2.05) is 29.5 Å². The highest BCUT2D eigenvalue weighted by Crippen LogP contribution is 2.34. The number of nitrogens with one attached hydrogen (secondary N) is 1. The molecule has 19 heavy (non-hydrogen) atoms. The Balaban J connectivity index is 1.76. The summed E-state index contributed by atoms with van der Waals surface area (Å²) in [5.41, 5.74) is 2.66. The maximum Gasteiger partial charge on any atom is 0.0578 e. The third kappa shape index (κ3) is 2.96. The van der Waals surface area contributed by atoms with E-state index in [9.17, 15) is 0 Å². The molecule has 1 aliphatic carbocycles. The van der Waals surface area contributed by atoms with Gasteiger partial charge in [-0.3, -0.25) is 0 Å². The van der Waals surface area contributed by atoms with Crippen molar-refractivity contribution in [1.82, 2.24) is 0 Å². The van der Waals surface area contributed by atoms with Crippen LogP contribution in [0, 0.1) is 0 Å². The van der Waals surface area contributed by atoms with Crippen molar-refractivity contribution in [2.24, 2.45) is 0 Å². The number of halogens is 1. The van der Waals surface area contributed by atoms with Crippen molar-refractivity contribution >= 4 is 28.6 Å². The van der Waals surface area contributed by atoms with Crippen LogP contribution in [0.2, 0.25) is 5.02 Å². The predicted octanol–water partition coefficient (Wildman–Crippen LogP) is 5.45. The van der Waals surface area contributed by atoms with Crippen molar-refractivity contribution in [2.45, 2.75) is 38.6 Å². The van der Waals surface area contributed by atoms with E-state index in [1.54, 1.807) is 10.4 Å². The number of benzene rings is 1. The first-order valence-electron chi connectivity index (χ1n) is 6.86. The molecule has 1 aromatic carbocycles. The van der Waals surface area contributed by atoms with Crippen LogP contribution in [0.5, 0.6) is 0 Å². The molecule has 0 fully saturated rings. The highest BCUT2D eigenvalue weighted by molar-refractivity contribution is 7.12. The first kappa shape index (κ1) is 13.0. The largest absolute Gasteiger partial charge is 0.378 e. The van der Waals surface area contributed by atoms with Gasteiger partial charge >= 0.3 is 0 Å². The summed E-state index contributed by atoms with van der Waals surface area (Å²) in [6, 6.07) is 10.7. The second kappa shape index (κ2) is 5.56. The van der Waals surface area contributed by atoms with E-state index in [4.69, 9.17) is 11.6 Å². The second-order valence-corrected chi connectivity index (χ2v) is 6.79. The molecule has 1 heterocycles. The van der Waals surface area contributed by atoms with Crippen molar-refractivity contribution in [3.8, 4) is 0 Å². The molecular weight excluding hydrogens is 274 g/mol. The van der Waals surface area contributed by atoms with Gasteiger partial charge in [0.05, 0.1) is 6.04 Å². The van der Waals surface area contributed by atoms with Gasteiger partial charge in [0.15, 0.2) is 0 Å². The van der Waals surface area contributed by atoms with Crippen LogP contribution in [0.15, 0.2) is 30.3 Å². The Morgan fingerprint density at radius 3 is 2.84 bits per heavy atom. The molecule has 1 unspecified atom stereocenters. The molecule has 3 heteroatoms. The van der Waals surface area contributed by atoms with Gasteiger partial charge < -0.3 is 5.32 Å². The molecule has 1 atom stereocenters. The molecule has 0 saturated carbocycles. The van der Waals surface area contributed by atoms with Crippen LogP contribution < -0.4 is 5.32 Å². The topological polar surface area (TPSA) is 12.0 Å². The van der Waals surface area contributed by atoms with Crippen molar-refractivity contribution in [2.75, 3.05) is 5.32 Å². The highest BCUT2D eigenvalue weighted by atomic mass is 35.5. The second-order valence-electron chi connectivity index (χ2n) is 5.18. The third-order valence-electron chi connectivity index (χ3n) is 3.65. The third-order valence-corrected chi connectivity index (χ3v) is 5.31. The van der Waals surface area contributed by atoms with Crippen LogP contribution in [-0.4, -0.2) is 0 Å². The fourth-order valence-electron chi connectivity index (χ4n) is 2.63. The number of hydrogen-bond donors (Lipinski definition) is 1. The Kier molecular flexibility index (Phi) is 3.81. The Labute approximate surface area is 123 Å². The van der Waals surface area contributed by atoms with Crippen molar-refractivity contribution in [3.63, 3.8) is 0 Å². The van der Waals surface area contributed by atoms with Crippen LogP contribution in [0.3, 0.4) is 0 Å². The van der Waals surface area contributed by atoms with Gasteiger partial charge in [-0.25, -0.2) is 0 Å². The van der Waals surface area contributed by atoms with Gasteiger partial charge in [-0.05, 0) is 62.4 Å². The lowest BCUT2D eigenvalue weighted by atomic mass is 9.99. The Bertz CT molecular complexity index is 552. The summed E-state index contributed by atoms with van der Waals surface area (Å²) in [7, 11) is 0. The normalized spacial score (nSPS) is 15.9. The predicted molar refractivity (Wildman–Crippen MR) is 84.5 cm³/mol. The van der Waals surface area contributed by atoms with E-state index in [1.165, 1.54) is 30.6 Å². The Hall–Kier alpha value is -0.990. The summed E-state index contributed by atoms with van der Waals surface area (Å²) in [4.78, 5) is 3.04. The smallest absolute Gasteiger partial charge is 0.0578 e. The Morgan fingerprint density at radius 2 is 2.05 bits per heavy atom. The molecule has 100 valence electrons. The molecule has 2 aromatic rings. The summed E-state index contributed by atoms with van der Waals surface area (Å²) in [6.45, 7) is 2.22. The van der Waals surface area contributed by atoms with E-state index in [0.717, 1.165) is 10.7 Å². The van der Waals surface area contributed by atoms with Crippen LogP contribution in [0.1, 0.15) is 41.1 Å². The number of anilines is 1. The standard InChI is InChI=1S/C16H18ClNS/c1-11(18-14-7-4-6-13(17)10-14)16-9-12-5-2-3-8-15(12)19-16/h4,6-7,9-11,18H,2-3,5,8H2,1H3. The molecule has 0 radical (unpaired) electrons.